The lowest BCUT2D eigenvalue weighted by Gasteiger charge is -2.21. The molecule has 1 aromatic carbocycles. The molecular formula is C13H21FN2. The van der Waals surface area contributed by atoms with Gasteiger partial charge in [0.1, 0.15) is 5.82 Å². The van der Waals surface area contributed by atoms with Crippen LogP contribution >= 0.6 is 0 Å². The van der Waals surface area contributed by atoms with Crippen molar-refractivity contribution in [2.24, 2.45) is 5.73 Å². The molecule has 0 aromatic heterocycles. The Morgan fingerprint density at radius 2 is 2.19 bits per heavy atom. The third kappa shape index (κ3) is 4.73. The summed E-state index contributed by atoms with van der Waals surface area (Å²) in [6.45, 7) is 3.73. The molecule has 0 bridgehead atoms. The number of benzene rings is 1. The number of nitrogens with zero attached hydrogens (tertiary/aromatic N) is 1. The number of halogens is 1. The normalized spacial score (nSPS) is 13.1. The fourth-order valence-corrected chi connectivity index (χ4v) is 1.87. The van der Waals surface area contributed by atoms with Gasteiger partial charge in [0.25, 0.3) is 0 Å². The van der Waals surface area contributed by atoms with Crippen LogP contribution in [-0.4, -0.2) is 24.5 Å². The van der Waals surface area contributed by atoms with E-state index in [-0.39, 0.29) is 11.9 Å². The van der Waals surface area contributed by atoms with Gasteiger partial charge in [-0.25, -0.2) is 4.39 Å². The fraction of sp³-hybridized carbons (Fsp3) is 0.538. The summed E-state index contributed by atoms with van der Waals surface area (Å²) in [5.41, 5.74) is 6.94. The predicted octanol–water partition coefficient (Wildman–Crippen LogP) is 2.38. The first kappa shape index (κ1) is 13.1. The van der Waals surface area contributed by atoms with E-state index in [9.17, 15) is 4.39 Å². The number of likely N-dealkylation sites (N-methyl/N-ethyl adjacent to an activating group) is 1. The van der Waals surface area contributed by atoms with Crippen molar-refractivity contribution in [1.82, 2.24) is 4.90 Å². The lowest BCUT2D eigenvalue weighted by Crippen LogP contribution is -2.34. The SMILES string of the molecule is CCCC(N)CN(C)Cc1cccc(F)c1. The Hall–Kier alpha value is -0.930. The Bertz CT molecular complexity index is 315. The van der Waals surface area contributed by atoms with Gasteiger partial charge in [-0.3, -0.25) is 0 Å². The molecule has 1 unspecified atom stereocenters. The molecule has 0 aliphatic carbocycles. The summed E-state index contributed by atoms with van der Waals surface area (Å²) in [7, 11) is 2.01. The lowest BCUT2D eigenvalue weighted by atomic mass is 10.1. The van der Waals surface area contributed by atoms with Crippen LogP contribution in [0.1, 0.15) is 25.3 Å². The zero-order valence-corrected chi connectivity index (χ0v) is 10.1. The van der Waals surface area contributed by atoms with E-state index in [0.717, 1.165) is 31.5 Å². The summed E-state index contributed by atoms with van der Waals surface area (Å²) in [5.74, 6) is -0.177. The van der Waals surface area contributed by atoms with Gasteiger partial charge in [-0.15, -0.1) is 0 Å². The van der Waals surface area contributed by atoms with Crippen molar-refractivity contribution in [2.75, 3.05) is 13.6 Å². The van der Waals surface area contributed by atoms with Crippen LogP contribution in [0.25, 0.3) is 0 Å². The first-order chi connectivity index (χ1) is 7.61. The van der Waals surface area contributed by atoms with Gasteiger partial charge >= 0.3 is 0 Å². The van der Waals surface area contributed by atoms with E-state index in [1.54, 1.807) is 12.1 Å². The van der Waals surface area contributed by atoms with Crippen LogP contribution in [0.2, 0.25) is 0 Å². The maximum absolute atomic E-state index is 13.0. The molecule has 0 spiro atoms. The van der Waals surface area contributed by atoms with Gasteiger partial charge < -0.3 is 10.6 Å². The second-order valence-electron chi connectivity index (χ2n) is 4.38. The average Bonchev–Trinajstić information content (AvgIpc) is 2.17. The molecule has 1 rings (SSSR count). The second kappa shape index (κ2) is 6.61. The smallest absolute Gasteiger partial charge is 0.123 e. The van der Waals surface area contributed by atoms with Crippen LogP contribution in [0.15, 0.2) is 24.3 Å². The maximum atomic E-state index is 13.0. The standard InChI is InChI=1S/C13H21FN2/c1-3-5-13(15)10-16(2)9-11-6-4-7-12(14)8-11/h4,6-8,13H,3,5,9-10,15H2,1-2H3. The maximum Gasteiger partial charge on any atom is 0.123 e. The minimum absolute atomic E-state index is 0.177. The van der Waals surface area contributed by atoms with Crippen LogP contribution in [0.3, 0.4) is 0 Å². The highest BCUT2D eigenvalue weighted by Gasteiger charge is 2.06. The molecule has 0 aliphatic rings. The summed E-state index contributed by atoms with van der Waals surface area (Å²) in [6, 6.07) is 6.92. The molecule has 1 atom stereocenters. The predicted molar refractivity (Wildman–Crippen MR) is 65.6 cm³/mol. The van der Waals surface area contributed by atoms with Crippen molar-refractivity contribution >= 4 is 0 Å². The molecule has 0 saturated heterocycles. The van der Waals surface area contributed by atoms with E-state index >= 15 is 0 Å². The summed E-state index contributed by atoms with van der Waals surface area (Å²) < 4.78 is 13.0. The van der Waals surface area contributed by atoms with Crippen molar-refractivity contribution in [3.05, 3.63) is 35.6 Å². The summed E-state index contributed by atoms with van der Waals surface area (Å²) in [4.78, 5) is 2.13. The molecule has 0 heterocycles. The molecule has 0 saturated carbocycles. The molecule has 90 valence electrons. The van der Waals surface area contributed by atoms with E-state index in [2.05, 4.69) is 11.8 Å². The monoisotopic (exact) mass is 224 g/mol. The Labute approximate surface area is 97.3 Å². The van der Waals surface area contributed by atoms with E-state index < -0.39 is 0 Å². The second-order valence-corrected chi connectivity index (χ2v) is 4.38. The molecule has 2 nitrogen and oxygen atoms in total. The van der Waals surface area contributed by atoms with Crippen molar-refractivity contribution in [3.8, 4) is 0 Å². The highest BCUT2D eigenvalue weighted by molar-refractivity contribution is 5.16. The average molecular weight is 224 g/mol. The van der Waals surface area contributed by atoms with Crippen LogP contribution < -0.4 is 5.73 Å². The van der Waals surface area contributed by atoms with E-state index in [0.29, 0.717) is 0 Å². The van der Waals surface area contributed by atoms with Gasteiger partial charge in [-0.05, 0) is 31.2 Å². The lowest BCUT2D eigenvalue weighted by molar-refractivity contribution is 0.296. The Morgan fingerprint density at radius 1 is 1.44 bits per heavy atom. The van der Waals surface area contributed by atoms with E-state index in [1.165, 1.54) is 6.07 Å². The van der Waals surface area contributed by atoms with Crippen LogP contribution in [0.5, 0.6) is 0 Å². The minimum atomic E-state index is -0.177. The van der Waals surface area contributed by atoms with Crippen LogP contribution in [0, 0.1) is 5.82 Å². The third-order valence-electron chi connectivity index (χ3n) is 2.55. The molecule has 3 heteroatoms. The van der Waals surface area contributed by atoms with Gasteiger partial charge in [-0.2, -0.15) is 0 Å². The fourth-order valence-electron chi connectivity index (χ4n) is 1.87. The summed E-state index contributed by atoms with van der Waals surface area (Å²) in [6.07, 6.45) is 2.14. The number of hydrogen-bond donors (Lipinski definition) is 1. The molecule has 0 aliphatic heterocycles. The summed E-state index contributed by atoms with van der Waals surface area (Å²) in [5, 5.41) is 0. The molecule has 0 fully saturated rings. The Morgan fingerprint density at radius 3 is 2.81 bits per heavy atom. The van der Waals surface area contributed by atoms with Crippen molar-refractivity contribution in [3.63, 3.8) is 0 Å². The highest BCUT2D eigenvalue weighted by atomic mass is 19.1. The van der Waals surface area contributed by atoms with Crippen molar-refractivity contribution in [1.29, 1.82) is 0 Å². The third-order valence-corrected chi connectivity index (χ3v) is 2.55. The molecule has 16 heavy (non-hydrogen) atoms. The topological polar surface area (TPSA) is 29.3 Å². The van der Waals surface area contributed by atoms with Crippen molar-refractivity contribution < 1.29 is 4.39 Å². The van der Waals surface area contributed by atoms with Crippen molar-refractivity contribution in [2.45, 2.75) is 32.4 Å². The zero-order chi connectivity index (χ0) is 12.0. The zero-order valence-electron chi connectivity index (χ0n) is 10.1. The largest absolute Gasteiger partial charge is 0.327 e. The van der Waals surface area contributed by atoms with Gasteiger partial charge in [0.05, 0.1) is 0 Å². The minimum Gasteiger partial charge on any atom is -0.327 e. The summed E-state index contributed by atoms with van der Waals surface area (Å²) >= 11 is 0. The van der Waals surface area contributed by atoms with Gasteiger partial charge in [0.2, 0.25) is 0 Å². The van der Waals surface area contributed by atoms with Gasteiger partial charge in [0, 0.05) is 19.1 Å². The molecule has 0 amide bonds. The first-order valence-corrected chi connectivity index (χ1v) is 5.80. The molecule has 1 aromatic rings. The first-order valence-electron chi connectivity index (χ1n) is 5.80. The van der Waals surface area contributed by atoms with Gasteiger partial charge in [0.15, 0.2) is 0 Å². The quantitative estimate of drug-likeness (QED) is 0.804. The Balaban J connectivity index is 2.42. The Kier molecular flexibility index (Phi) is 5.43. The molecule has 2 N–H and O–H groups in total. The van der Waals surface area contributed by atoms with Gasteiger partial charge in [-0.1, -0.05) is 25.5 Å². The van der Waals surface area contributed by atoms with E-state index in [1.807, 2.05) is 13.1 Å². The number of nitrogens with two attached hydrogens (primary N) is 1. The molecule has 0 radical (unpaired) electrons. The highest BCUT2D eigenvalue weighted by Crippen LogP contribution is 2.07. The van der Waals surface area contributed by atoms with E-state index in [4.69, 9.17) is 5.73 Å². The number of hydrogen-bond acceptors (Lipinski definition) is 2. The van der Waals surface area contributed by atoms with Crippen LogP contribution in [-0.2, 0) is 6.54 Å². The molecular weight excluding hydrogens is 203 g/mol. The van der Waals surface area contributed by atoms with Crippen LogP contribution in [0.4, 0.5) is 4.39 Å². The number of rotatable bonds is 6.